The zero-order valence-electron chi connectivity index (χ0n) is 30.8. The van der Waals surface area contributed by atoms with Crippen molar-refractivity contribution in [1.29, 1.82) is 0 Å². The van der Waals surface area contributed by atoms with Gasteiger partial charge in [0, 0.05) is 38.8 Å². The summed E-state index contributed by atoms with van der Waals surface area (Å²) in [6.07, 6.45) is 0. The van der Waals surface area contributed by atoms with Crippen LogP contribution in [0.4, 0.5) is 34.1 Å². The van der Waals surface area contributed by atoms with E-state index in [4.69, 9.17) is 0 Å². The summed E-state index contributed by atoms with van der Waals surface area (Å²) in [5, 5.41) is 7.16. The van der Waals surface area contributed by atoms with Crippen LogP contribution >= 0.6 is 0 Å². The zero-order chi connectivity index (χ0) is 37.3. The molecule has 0 aliphatic rings. The fourth-order valence-electron chi connectivity index (χ4n) is 8.15. The van der Waals surface area contributed by atoms with E-state index in [1.165, 1.54) is 43.8 Å². The van der Waals surface area contributed by atoms with Crippen LogP contribution in [0.25, 0.3) is 54.6 Å². The molecule has 0 spiro atoms. The number of fused-ring (bicyclic) bond motifs is 3. The first-order chi connectivity index (χ1) is 27.8. The minimum absolute atomic E-state index is 1.09. The molecule has 10 aromatic rings. The summed E-state index contributed by atoms with van der Waals surface area (Å²) >= 11 is 0. The van der Waals surface area contributed by atoms with Gasteiger partial charge in [-0.05, 0) is 93.5 Å². The maximum absolute atomic E-state index is 2.50. The molecule has 2 heteroatoms. The van der Waals surface area contributed by atoms with E-state index in [9.17, 15) is 0 Å². The first-order valence-electron chi connectivity index (χ1n) is 19.2. The van der Waals surface area contributed by atoms with Gasteiger partial charge in [-0.25, -0.2) is 0 Å². The highest BCUT2D eigenvalue weighted by Crippen LogP contribution is 2.50. The van der Waals surface area contributed by atoms with Crippen LogP contribution in [0, 0.1) is 0 Å². The molecule has 0 unspecified atom stereocenters. The van der Waals surface area contributed by atoms with Gasteiger partial charge in [-0.15, -0.1) is 0 Å². The third-order valence-corrected chi connectivity index (χ3v) is 10.8. The average molecular weight is 715 g/mol. The van der Waals surface area contributed by atoms with Crippen molar-refractivity contribution in [3.8, 4) is 22.3 Å². The highest BCUT2D eigenvalue weighted by atomic mass is 15.2. The lowest BCUT2D eigenvalue weighted by molar-refractivity contribution is 1.28. The fourth-order valence-corrected chi connectivity index (χ4v) is 8.15. The summed E-state index contributed by atoms with van der Waals surface area (Å²) in [6, 6.07) is 83.2. The Morgan fingerprint density at radius 2 is 0.696 bits per heavy atom. The van der Waals surface area contributed by atoms with E-state index in [0.29, 0.717) is 0 Å². The molecule has 56 heavy (non-hydrogen) atoms. The van der Waals surface area contributed by atoms with Gasteiger partial charge >= 0.3 is 0 Å². The van der Waals surface area contributed by atoms with E-state index in [1.807, 2.05) is 0 Å². The van der Waals surface area contributed by atoms with Gasteiger partial charge in [-0.1, -0.05) is 170 Å². The Balaban J connectivity index is 1.28. The minimum atomic E-state index is 1.09. The van der Waals surface area contributed by atoms with Gasteiger partial charge in [0.1, 0.15) is 0 Å². The smallest absolute Gasteiger partial charge is 0.0618 e. The van der Waals surface area contributed by atoms with E-state index in [2.05, 4.69) is 240 Å². The number of nitrogens with zero attached hydrogens (tertiary/aromatic N) is 2. The molecule has 0 aliphatic heterocycles. The highest BCUT2D eigenvalue weighted by Gasteiger charge is 2.24. The van der Waals surface area contributed by atoms with Gasteiger partial charge in [0.05, 0.1) is 17.1 Å². The van der Waals surface area contributed by atoms with Crippen LogP contribution in [0.1, 0.15) is 0 Å². The SMILES string of the molecule is c1ccc(-c2ccc(N(c3c(-c4ccccc4)ccc4cc5ccccc5cc34)c3ccc(N(c4ccccc4)c4ccccc4)c4ccccc34)cc2)cc1. The van der Waals surface area contributed by atoms with Crippen LogP contribution in [-0.4, -0.2) is 0 Å². The van der Waals surface area contributed by atoms with E-state index >= 15 is 0 Å². The van der Waals surface area contributed by atoms with E-state index in [1.54, 1.807) is 0 Å². The van der Waals surface area contributed by atoms with Crippen LogP contribution in [0.15, 0.2) is 231 Å². The third-order valence-electron chi connectivity index (χ3n) is 10.8. The predicted octanol–water partition coefficient (Wildman–Crippen LogP) is 15.4. The Bertz CT molecular complexity index is 2900. The van der Waals surface area contributed by atoms with Crippen molar-refractivity contribution in [3.05, 3.63) is 231 Å². The second-order valence-corrected chi connectivity index (χ2v) is 14.2. The Morgan fingerprint density at radius 1 is 0.250 bits per heavy atom. The lowest BCUT2D eigenvalue weighted by Gasteiger charge is -2.32. The van der Waals surface area contributed by atoms with Gasteiger partial charge in [-0.2, -0.15) is 0 Å². The maximum Gasteiger partial charge on any atom is 0.0618 e. The molecule has 0 amide bonds. The third kappa shape index (κ3) is 6.04. The van der Waals surface area contributed by atoms with E-state index < -0.39 is 0 Å². The minimum Gasteiger partial charge on any atom is -0.310 e. The van der Waals surface area contributed by atoms with Crippen LogP contribution < -0.4 is 9.80 Å². The Kier molecular flexibility index (Phi) is 8.55. The Hall–Kier alpha value is -7.42. The van der Waals surface area contributed by atoms with Crippen molar-refractivity contribution in [2.75, 3.05) is 9.80 Å². The molecule has 0 saturated carbocycles. The van der Waals surface area contributed by atoms with Crippen molar-refractivity contribution in [2.24, 2.45) is 0 Å². The Labute approximate surface area is 327 Å². The number of rotatable bonds is 8. The van der Waals surface area contributed by atoms with Gasteiger partial charge in [-0.3, -0.25) is 0 Å². The summed E-state index contributed by atoms with van der Waals surface area (Å²) in [7, 11) is 0. The van der Waals surface area contributed by atoms with Crippen molar-refractivity contribution in [3.63, 3.8) is 0 Å². The van der Waals surface area contributed by atoms with Gasteiger partial charge < -0.3 is 9.80 Å². The molecule has 264 valence electrons. The lowest BCUT2D eigenvalue weighted by atomic mass is 9.93. The number of benzene rings is 10. The normalized spacial score (nSPS) is 11.2. The largest absolute Gasteiger partial charge is 0.310 e. The topological polar surface area (TPSA) is 6.48 Å². The fraction of sp³-hybridized carbons (Fsp3) is 0. The van der Waals surface area contributed by atoms with Crippen molar-refractivity contribution < 1.29 is 0 Å². The average Bonchev–Trinajstić information content (AvgIpc) is 3.28. The second-order valence-electron chi connectivity index (χ2n) is 14.2. The van der Waals surface area contributed by atoms with Gasteiger partial charge in [0.2, 0.25) is 0 Å². The molecule has 0 aromatic heterocycles. The molecular formula is C54H38N2. The van der Waals surface area contributed by atoms with Gasteiger partial charge in [0.25, 0.3) is 0 Å². The maximum atomic E-state index is 2.50. The molecule has 10 aromatic carbocycles. The standard InChI is InChI=1S/C54H38N2/c1-5-17-39(18-6-1)40-29-32-47(33-30-40)56(54-48(41-19-7-2-8-20-41)34-31-44-37-42-21-13-14-22-43(42)38-51(44)54)53-36-35-52(49-27-15-16-28-50(49)53)55(45-23-9-3-10-24-45)46-25-11-4-12-26-46/h1-38H. The van der Waals surface area contributed by atoms with Crippen molar-refractivity contribution >= 4 is 66.4 Å². The lowest BCUT2D eigenvalue weighted by Crippen LogP contribution is -2.14. The molecule has 0 bridgehead atoms. The monoisotopic (exact) mass is 714 g/mol. The van der Waals surface area contributed by atoms with Crippen LogP contribution in [0.2, 0.25) is 0 Å². The molecule has 10 rings (SSSR count). The molecular weight excluding hydrogens is 677 g/mol. The predicted molar refractivity (Wildman–Crippen MR) is 239 cm³/mol. The number of anilines is 6. The molecule has 0 N–H and O–H groups in total. The van der Waals surface area contributed by atoms with E-state index in [-0.39, 0.29) is 0 Å². The number of hydrogen-bond acceptors (Lipinski definition) is 2. The van der Waals surface area contributed by atoms with Crippen LogP contribution in [0.5, 0.6) is 0 Å². The van der Waals surface area contributed by atoms with Crippen LogP contribution in [-0.2, 0) is 0 Å². The summed E-state index contributed by atoms with van der Waals surface area (Å²) in [5.74, 6) is 0. The molecule has 0 heterocycles. The first kappa shape index (κ1) is 33.2. The summed E-state index contributed by atoms with van der Waals surface area (Å²) in [6.45, 7) is 0. The number of hydrogen-bond donors (Lipinski definition) is 0. The first-order valence-corrected chi connectivity index (χ1v) is 19.2. The van der Waals surface area contributed by atoms with Gasteiger partial charge in [0.15, 0.2) is 0 Å². The number of para-hydroxylation sites is 2. The zero-order valence-corrected chi connectivity index (χ0v) is 30.8. The molecule has 0 radical (unpaired) electrons. The van der Waals surface area contributed by atoms with Crippen LogP contribution in [0.3, 0.4) is 0 Å². The quantitative estimate of drug-likeness (QED) is 0.145. The van der Waals surface area contributed by atoms with E-state index in [0.717, 1.165) is 44.9 Å². The summed E-state index contributed by atoms with van der Waals surface area (Å²) in [4.78, 5) is 4.86. The molecule has 0 saturated heterocycles. The molecule has 0 atom stereocenters. The molecule has 0 aliphatic carbocycles. The second kappa shape index (κ2) is 14.4. The Morgan fingerprint density at radius 3 is 1.29 bits per heavy atom. The molecule has 0 fully saturated rings. The van der Waals surface area contributed by atoms with Crippen molar-refractivity contribution in [2.45, 2.75) is 0 Å². The summed E-state index contributed by atoms with van der Waals surface area (Å²) in [5.41, 5.74) is 11.4. The summed E-state index contributed by atoms with van der Waals surface area (Å²) < 4.78 is 0. The highest BCUT2D eigenvalue weighted by molar-refractivity contribution is 6.14. The molecule has 2 nitrogen and oxygen atoms in total. The van der Waals surface area contributed by atoms with Crippen molar-refractivity contribution in [1.82, 2.24) is 0 Å².